The summed E-state index contributed by atoms with van der Waals surface area (Å²) in [6.07, 6.45) is 3.81. The first-order chi connectivity index (χ1) is 15.5. The monoisotopic (exact) mass is 452 g/mol. The Balaban J connectivity index is 1.28. The predicted molar refractivity (Wildman–Crippen MR) is 131 cm³/mol. The molecule has 7 heteroatoms. The zero-order valence-electron chi connectivity index (χ0n) is 18.5. The number of amides is 1. The van der Waals surface area contributed by atoms with Crippen LogP contribution in [0.1, 0.15) is 25.7 Å². The van der Waals surface area contributed by atoms with Crippen LogP contribution in [0.15, 0.2) is 54.6 Å². The molecule has 1 aliphatic rings. The summed E-state index contributed by atoms with van der Waals surface area (Å²) in [5, 5.41) is 8.43. The highest BCUT2D eigenvalue weighted by Crippen LogP contribution is 2.29. The highest BCUT2D eigenvalue weighted by atomic mass is 35.5. The van der Waals surface area contributed by atoms with Crippen LogP contribution in [-0.2, 0) is 4.79 Å². The molecule has 2 aromatic carbocycles. The number of halogens is 1. The second kappa shape index (κ2) is 10.1. The van der Waals surface area contributed by atoms with Gasteiger partial charge in [-0.05, 0) is 49.9 Å². The van der Waals surface area contributed by atoms with Crippen molar-refractivity contribution in [2.75, 3.05) is 30.9 Å². The van der Waals surface area contributed by atoms with Crippen molar-refractivity contribution in [2.45, 2.75) is 37.8 Å². The van der Waals surface area contributed by atoms with Gasteiger partial charge >= 0.3 is 0 Å². The molecule has 3 aromatic rings. The van der Waals surface area contributed by atoms with E-state index in [4.69, 9.17) is 21.3 Å². The summed E-state index contributed by atoms with van der Waals surface area (Å²) in [7, 11) is 4.10. The quantitative estimate of drug-likeness (QED) is 0.535. The summed E-state index contributed by atoms with van der Waals surface area (Å²) < 4.78 is 5.53. The Morgan fingerprint density at radius 2 is 1.81 bits per heavy atom. The largest absolute Gasteiger partial charge is 0.484 e. The van der Waals surface area contributed by atoms with Crippen molar-refractivity contribution in [1.82, 2.24) is 10.3 Å². The third-order valence-corrected chi connectivity index (χ3v) is 6.02. The van der Waals surface area contributed by atoms with Crippen LogP contribution in [0.4, 0.5) is 11.5 Å². The Morgan fingerprint density at radius 3 is 2.56 bits per heavy atom. The van der Waals surface area contributed by atoms with E-state index in [0.29, 0.717) is 16.8 Å². The standard InChI is InChI=1S/C25H29ClN4O2/c1-30(2)23-15-24(29-22-9-4-3-8-21(22)23)27-18-10-12-19(13-11-18)28-25(31)16-32-20-7-5-6-17(26)14-20/h3-9,14-15,18-19H,10-13,16H2,1-2H3,(H,27,29)(H,28,31)/t18-,19+. The van der Waals surface area contributed by atoms with Gasteiger partial charge in [0.25, 0.3) is 5.91 Å². The van der Waals surface area contributed by atoms with Gasteiger partial charge in [-0.1, -0.05) is 35.9 Å². The predicted octanol–water partition coefficient (Wildman–Crippen LogP) is 4.87. The van der Waals surface area contributed by atoms with Gasteiger partial charge in [0.2, 0.25) is 0 Å². The van der Waals surface area contributed by atoms with Crippen LogP contribution in [0.3, 0.4) is 0 Å². The van der Waals surface area contributed by atoms with Gasteiger partial charge in [-0.15, -0.1) is 0 Å². The van der Waals surface area contributed by atoms with Crippen LogP contribution in [-0.4, -0.2) is 43.7 Å². The van der Waals surface area contributed by atoms with E-state index in [2.05, 4.69) is 41.8 Å². The molecule has 168 valence electrons. The third kappa shape index (κ3) is 5.62. The summed E-state index contributed by atoms with van der Waals surface area (Å²) in [5.74, 6) is 1.39. The van der Waals surface area contributed by atoms with E-state index in [9.17, 15) is 4.79 Å². The fraction of sp³-hybridized carbons (Fsp3) is 0.360. The Hall–Kier alpha value is -2.99. The maximum absolute atomic E-state index is 12.3. The van der Waals surface area contributed by atoms with E-state index in [1.54, 1.807) is 24.3 Å². The van der Waals surface area contributed by atoms with Gasteiger partial charge in [-0.25, -0.2) is 4.98 Å². The molecule has 32 heavy (non-hydrogen) atoms. The number of pyridine rings is 1. The lowest BCUT2D eigenvalue weighted by atomic mass is 9.91. The van der Waals surface area contributed by atoms with Crippen molar-refractivity contribution < 1.29 is 9.53 Å². The average molecular weight is 453 g/mol. The molecule has 0 radical (unpaired) electrons. The number of ether oxygens (including phenoxy) is 1. The Morgan fingerprint density at radius 1 is 1.06 bits per heavy atom. The van der Waals surface area contributed by atoms with Crippen molar-refractivity contribution in [1.29, 1.82) is 0 Å². The van der Waals surface area contributed by atoms with Crippen LogP contribution in [0.25, 0.3) is 10.9 Å². The van der Waals surface area contributed by atoms with E-state index >= 15 is 0 Å². The summed E-state index contributed by atoms with van der Waals surface area (Å²) in [6, 6.07) is 17.9. The van der Waals surface area contributed by atoms with E-state index in [0.717, 1.165) is 48.1 Å². The fourth-order valence-electron chi connectivity index (χ4n) is 4.17. The van der Waals surface area contributed by atoms with Gasteiger partial charge in [-0.2, -0.15) is 0 Å². The maximum atomic E-state index is 12.3. The molecule has 2 N–H and O–H groups in total. The summed E-state index contributed by atoms with van der Waals surface area (Å²) in [4.78, 5) is 19.2. The molecule has 1 saturated carbocycles. The molecule has 1 fully saturated rings. The smallest absolute Gasteiger partial charge is 0.258 e. The molecule has 4 rings (SSSR count). The van der Waals surface area contributed by atoms with E-state index in [1.165, 1.54) is 0 Å². The van der Waals surface area contributed by atoms with Gasteiger partial charge in [0.05, 0.1) is 5.52 Å². The number of carbonyl (C=O) groups excluding carboxylic acids is 1. The minimum atomic E-state index is -0.104. The second-order valence-corrected chi connectivity index (χ2v) is 8.88. The Bertz CT molecular complexity index is 1080. The van der Waals surface area contributed by atoms with Crippen molar-refractivity contribution in [3.05, 3.63) is 59.6 Å². The number of hydrogen-bond acceptors (Lipinski definition) is 5. The number of benzene rings is 2. The molecular weight excluding hydrogens is 424 g/mol. The van der Waals surface area contributed by atoms with Crippen LogP contribution in [0.5, 0.6) is 5.75 Å². The zero-order chi connectivity index (χ0) is 22.5. The van der Waals surface area contributed by atoms with Crippen LogP contribution < -0.4 is 20.3 Å². The molecule has 0 saturated heterocycles. The maximum Gasteiger partial charge on any atom is 0.258 e. The molecule has 0 aliphatic heterocycles. The van der Waals surface area contributed by atoms with E-state index < -0.39 is 0 Å². The van der Waals surface area contributed by atoms with Gasteiger partial charge < -0.3 is 20.3 Å². The van der Waals surface area contributed by atoms with Crippen molar-refractivity contribution in [2.24, 2.45) is 0 Å². The molecule has 1 aliphatic carbocycles. The number of carbonyl (C=O) groups is 1. The minimum Gasteiger partial charge on any atom is -0.484 e. The van der Waals surface area contributed by atoms with Crippen LogP contribution >= 0.6 is 11.6 Å². The summed E-state index contributed by atoms with van der Waals surface area (Å²) >= 11 is 5.95. The van der Waals surface area contributed by atoms with Crippen LogP contribution in [0.2, 0.25) is 5.02 Å². The second-order valence-electron chi connectivity index (χ2n) is 8.44. The van der Waals surface area contributed by atoms with E-state index in [1.807, 2.05) is 18.2 Å². The molecule has 0 bridgehead atoms. The van der Waals surface area contributed by atoms with Gasteiger partial charge in [0.15, 0.2) is 6.61 Å². The number of aromatic nitrogens is 1. The molecule has 1 amide bonds. The fourth-order valence-corrected chi connectivity index (χ4v) is 4.35. The normalized spacial score (nSPS) is 18.2. The number of nitrogens with one attached hydrogen (secondary N) is 2. The molecule has 1 aromatic heterocycles. The first-order valence-electron chi connectivity index (χ1n) is 11.0. The van der Waals surface area contributed by atoms with Gasteiger partial charge in [-0.3, -0.25) is 4.79 Å². The summed E-state index contributed by atoms with van der Waals surface area (Å²) in [5.41, 5.74) is 2.14. The first kappa shape index (κ1) is 22.2. The SMILES string of the molecule is CN(C)c1cc(N[C@H]2CC[C@@H](NC(=O)COc3cccc(Cl)c3)CC2)nc2ccccc12. The highest BCUT2D eigenvalue weighted by Gasteiger charge is 2.23. The Labute approximate surface area is 193 Å². The lowest BCUT2D eigenvalue weighted by Crippen LogP contribution is -2.42. The molecular formula is C25H29ClN4O2. The van der Waals surface area contributed by atoms with Crippen molar-refractivity contribution >= 4 is 39.9 Å². The number of para-hydroxylation sites is 1. The Kier molecular flexibility index (Phi) is 7.00. The number of hydrogen-bond donors (Lipinski definition) is 2. The average Bonchev–Trinajstić information content (AvgIpc) is 2.78. The molecule has 0 atom stereocenters. The first-order valence-corrected chi connectivity index (χ1v) is 11.4. The number of fused-ring (bicyclic) bond motifs is 1. The third-order valence-electron chi connectivity index (χ3n) is 5.79. The van der Waals surface area contributed by atoms with Crippen LogP contribution in [0, 0.1) is 0 Å². The van der Waals surface area contributed by atoms with Gasteiger partial charge in [0.1, 0.15) is 11.6 Å². The molecule has 0 unspecified atom stereocenters. The lowest BCUT2D eigenvalue weighted by molar-refractivity contribution is -0.124. The number of rotatable bonds is 7. The van der Waals surface area contributed by atoms with Crippen molar-refractivity contribution in [3.8, 4) is 5.75 Å². The topological polar surface area (TPSA) is 66.5 Å². The number of nitrogens with zero attached hydrogens (tertiary/aromatic N) is 2. The zero-order valence-corrected chi connectivity index (χ0v) is 19.2. The van der Waals surface area contributed by atoms with Crippen molar-refractivity contribution in [3.63, 3.8) is 0 Å². The summed E-state index contributed by atoms with van der Waals surface area (Å²) in [6.45, 7) is -0.00710. The number of anilines is 2. The lowest BCUT2D eigenvalue weighted by Gasteiger charge is -2.30. The molecule has 1 heterocycles. The minimum absolute atomic E-state index is 0.00710. The molecule has 6 nitrogen and oxygen atoms in total. The molecule has 0 spiro atoms. The van der Waals surface area contributed by atoms with E-state index in [-0.39, 0.29) is 18.6 Å². The van der Waals surface area contributed by atoms with Gasteiger partial charge in [0, 0.05) is 48.3 Å². The highest BCUT2D eigenvalue weighted by molar-refractivity contribution is 6.30.